The first-order valence-electron chi connectivity index (χ1n) is 8.46. The molecule has 0 amide bonds. The van der Waals surface area contributed by atoms with Gasteiger partial charge in [-0.05, 0) is 49.3 Å². The lowest BCUT2D eigenvalue weighted by atomic mass is 9.93. The molecule has 0 heterocycles. The van der Waals surface area contributed by atoms with Crippen molar-refractivity contribution in [2.45, 2.75) is 46.5 Å². The summed E-state index contributed by atoms with van der Waals surface area (Å²) in [6.45, 7) is 16.5. The second kappa shape index (κ2) is 9.84. The molecular weight excluding hydrogens is 276 g/mol. The van der Waals surface area contributed by atoms with E-state index >= 15 is 0 Å². The van der Waals surface area contributed by atoms with Gasteiger partial charge >= 0.3 is 0 Å². The molecule has 0 aromatic heterocycles. The maximum atomic E-state index is 3.98. The van der Waals surface area contributed by atoms with Crippen molar-refractivity contribution in [3.63, 3.8) is 0 Å². The molecule has 0 saturated heterocycles. The molecule has 0 spiro atoms. The Hall–Kier alpha value is -2.08. The second-order valence-corrected chi connectivity index (χ2v) is 6.07. The van der Waals surface area contributed by atoms with Crippen LogP contribution in [0.5, 0.6) is 0 Å². The van der Waals surface area contributed by atoms with Gasteiger partial charge in [0.15, 0.2) is 0 Å². The first-order chi connectivity index (χ1) is 11.0. The van der Waals surface area contributed by atoms with Crippen molar-refractivity contribution in [3.05, 3.63) is 89.6 Å². The minimum Gasteiger partial charge on any atom is -0.0955 e. The Morgan fingerprint density at radius 2 is 1.48 bits per heavy atom. The van der Waals surface area contributed by atoms with E-state index in [4.69, 9.17) is 0 Å². The average molecular weight is 306 g/mol. The van der Waals surface area contributed by atoms with Gasteiger partial charge in [0.2, 0.25) is 0 Å². The molecule has 0 aliphatic carbocycles. The van der Waals surface area contributed by atoms with Gasteiger partial charge in [-0.25, -0.2) is 0 Å². The first-order valence-corrected chi connectivity index (χ1v) is 8.46. The average Bonchev–Trinajstić information content (AvgIpc) is 2.52. The number of rotatable bonds is 8. The fraction of sp³-hybridized carbons (Fsp3) is 0.304. The number of allylic oxidation sites excluding steroid dienone is 7. The van der Waals surface area contributed by atoms with Crippen LogP contribution in [0.3, 0.4) is 0 Å². The van der Waals surface area contributed by atoms with Crippen molar-refractivity contribution in [1.29, 1.82) is 0 Å². The molecule has 0 radical (unpaired) electrons. The Bertz CT molecular complexity index is 586. The van der Waals surface area contributed by atoms with Gasteiger partial charge in [-0.2, -0.15) is 0 Å². The molecule has 0 fully saturated rings. The molecule has 0 saturated carbocycles. The SMILES string of the molecule is C=C(C)C(=C/C=C/C=C/c1ccc(C(CC)CC)cc1)C(=C)C. The van der Waals surface area contributed by atoms with Crippen LogP contribution >= 0.6 is 0 Å². The van der Waals surface area contributed by atoms with Crippen molar-refractivity contribution < 1.29 is 0 Å². The third-order valence-corrected chi connectivity index (χ3v) is 4.09. The van der Waals surface area contributed by atoms with Gasteiger partial charge in [-0.15, -0.1) is 0 Å². The third-order valence-electron chi connectivity index (χ3n) is 4.09. The minimum absolute atomic E-state index is 0.681. The minimum atomic E-state index is 0.681. The van der Waals surface area contributed by atoms with E-state index in [0.717, 1.165) is 16.7 Å². The lowest BCUT2D eigenvalue weighted by Gasteiger charge is -2.12. The van der Waals surface area contributed by atoms with Crippen molar-refractivity contribution in [1.82, 2.24) is 0 Å². The monoisotopic (exact) mass is 306 g/mol. The van der Waals surface area contributed by atoms with Gasteiger partial charge in [0.05, 0.1) is 0 Å². The Labute approximate surface area is 142 Å². The highest BCUT2D eigenvalue weighted by molar-refractivity contribution is 5.52. The largest absolute Gasteiger partial charge is 0.0955 e. The molecule has 0 atom stereocenters. The van der Waals surface area contributed by atoms with Gasteiger partial charge in [0.1, 0.15) is 0 Å². The molecule has 1 aromatic carbocycles. The van der Waals surface area contributed by atoms with Crippen LogP contribution in [-0.4, -0.2) is 0 Å². The maximum absolute atomic E-state index is 3.98. The Morgan fingerprint density at radius 3 is 1.96 bits per heavy atom. The Morgan fingerprint density at radius 1 is 0.913 bits per heavy atom. The third kappa shape index (κ3) is 6.28. The van der Waals surface area contributed by atoms with Gasteiger partial charge < -0.3 is 0 Å². The number of hydrogen-bond donors (Lipinski definition) is 0. The van der Waals surface area contributed by atoms with Crippen LogP contribution in [-0.2, 0) is 0 Å². The van der Waals surface area contributed by atoms with Crippen molar-refractivity contribution in [2.24, 2.45) is 0 Å². The number of hydrogen-bond acceptors (Lipinski definition) is 0. The molecule has 0 unspecified atom stereocenters. The van der Waals surface area contributed by atoms with Crippen molar-refractivity contribution >= 4 is 6.08 Å². The molecule has 1 aromatic rings. The summed E-state index contributed by atoms with van der Waals surface area (Å²) in [6.07, 6.45) is 12.7. The molecular formula is C23H30. The summed E-state index contributed by atoms with van der Waals surface area (Å²) in [4.78, 5) is 0. The molecule has 0 heteroatoms. The fourth-order valence-corrected chi connectivity index (χ4v) is 2.67. The normalized spacial score (nSPS) is 11.3. The van der Waals surface area contributed by atoms with Crippen LogP contribution in [0.25, 0.3) is 6.08 Å². The van der Waals surface area contributed by atoms with Crippen molar-refractivity contribution in [3.8, 4) is 0 Å². The maximum Gasteiger partial charge on any atom is -0.0167 e. The molecule has 0 aliphatic rings. The summed E-state index contributed by atoms with van der Waals surface area (Å²) in [5.74, 6) is 0.681. The quantitative estimate of drug-likeness (QED) is 0.444. The van der Waals surface area contributed by atoms with Gasteiger partial charge in [0, 0.05) is 0 Å². The smallest absolute Gasteiger partial charge is 0.0167 e. The molecule has 0 nitrogen and oxygen atoms in total. The first kappa shape index (κ1) is 19.0. The van der Waals surface area contributed by atoms with Crippen LogP contribution in [0.2, 0.25) is 0 Å². The van der Waals surface area contributed by atoms with Gasteiger partial charge in [-0.1, -0.05) is 92.8 Å². The van der Waals surface area contributed by atoms with Crippen LogP contribution in [0.1, 0.15) is 57.6 Å². The predicted molar refractivity (Wildman–Crippen MR) is 106 cm³/mol. The van der Waals surface area contributed by atoms with Crippen LogP contribution in [0, 0.1) is 0 Å². The summed E-state index contributed by atoms with van der Waals surface area (Å²) >= 11 is 0. The summed E-state index contributed by atoms with van der Waals surface area (Å²) in [6, 6.07) is 8.89. The summed E-state index contributed by atoms with van der Waals surface area (Å²) in [5.41, 5.74) is 5.88. The molecule has 23 heavy (non-hydrogen) atoms. The van der Waals surface area contributed by atoms with Gasteiger partial charge in [-0.3, -0.25) is 0 Å². The zero-order valence-electron chi connectivity index (χ0n) is 15.1. The standard InChI is InChI=1S/C23H30/c1-7-21(8-2)22-16-14-20(15-17-22)12-10-9-11-13-23(18(3)4)19(5)6/h9-17,21H,3,5,7-8H2,1-2,4,6H3/b11-9+,12-10+. The molecule has 0 aliphatic heterocycles. The zero-order valence-corrected chi connectivity index (χ0v) is 15.1. The van der Waals surface area contributed by atoms with E-state index in [1.807, 2.05) is 26.0 Å². The Kier molecular flexibility index (Phi) is 8.11. The van der Waals surface area contributed by atoms with E-state index in [0.29, 0.717) is 5.92 Å². The van der Waals surface area contributed by atoms with E-state index in [1.54, 1.807) is 0 Å². The molecule has 1 rings (SSSR count). The van der Waals surface area contributed by atoms with Crippen LogP contribution in [0.4, 0.5) is 0 Å². The Balaban J connectivity index is 2.71. The predicted octanol–water partition coefficient (Wildman–Crippen LogP) is 7.24. The molecule has 0 bridgehead atoms. The molecule has 0 N–H and O–H groups in total. The fourth-order valence-electron chi connectivity index (χ4n) is 2.67. The highest BCUT2D eigenvalue weighted by atomic mass is 14.1. The van der Waals surface area contributed by atoms with Gasteiger partial charge in [0.25, 0.3) is 0 Å². The highest BCUT2D eigenvalue weighted by Crippen LogP contribution is 2.23. The van der Waals surface area contributed by atoms with Crippen LogP contribution in [0.15, 0.2) is 78.4 Å². The number of benzene rings is 1. The second-order valence-electron chi connectivity index (χ2n) is 6.07. The molecule has 122 valence electrons. The topological polar surface area (TPSA) is 0 Å². The summed E-state index contributed by atoms with van der Waals surface area (Å²) in [5, 5.41) is 0. The van der Waals surface area contributed by atoms with E-state index < -0.39 is 0 Å². The van der Waals surface area contributed by atoms with E-state index in [-0.39, 0.29) is 0 Å². The van der Waals surface area contributed by atoms with E-state index in [9.17, 15) is 0 Å². The van der Waals surface area contributed by atoms with Crippen molar-refractivity contribution in [2.75, 3.05) is 0 Å². The van der Waals surface area contributed by atoms with Crippen LogP contribution < -0.4 is 0 Å². The lowest BCUT2D eigenvalue weighted by molar-refractivity contribution is 0.642. The van der Waals surface area contributed by atoms with E-state index in [2.05, 4.69) is 69.5 Å². The highest BCUT2D eigenvalue weighted by Gasteiger charge is 2.05. The zero-order chi connectivity index (χ0) is 17.2. The summed E-state index contributed by atoms with van der Waals surface area (Å²) < 4.78 is 0. The summed E-state index contributed by atoms with van der Waals surface area (Å²) in [7, 11) is 0. The van der Waals surface area contributed by atoms with E-state index in [1.165, 1.54) is 24.0 Å². The lowest BCUT2D eigenvalue weighted by Crippen LogP contribution is -1.94.